The van der Waals surface area contributed by atoms with Crippen molar-refractivity contribution >= 4 is 21.4 Å². The Bertz CT molecular complexity index is 1180. The van der Waals surface area contributed by atoms with Crippen LogP contribution in [0.3, 0.4) is 0 Å². The highest BCUT2D eigenvalue weighted by Crippen LogP contribution is 2.50. The maximum Gasteiger partial charge on any atom is 0.269 e. The summed E-state index contributed by atoms with van der Waals surface area (Å²) in [5, 5.41) is 14.5. The molecule has 3 atom stereocenters. The maximum atomic E-state index is 13.2. The number of nitrogens with zero attached hydrogens (tertiary/aromatic N) is 2. The second-order valence-corrected chi connectivity index (χ2v) is 9.91. The van der Waals surface area contributed by atoms with E-state index in [1.165, 1.54) is 16.4 Å². The molecule has 0 saturated carbocycles. The highest BCUT2D eigenvalue weighted by atomic mass is 32.2. The molecular formula is C24H25N3O4S. The molecule has 1 aliphatic carbocycles. The maximum absolute atomic E-state index is 13.2. The number of anilines is 1. The topological polar surface area (TPSA) is 92.5 Å². The van der Waals surface area contributed by atoms with E-state index in [2.05, 4.69) is 30.6 Å². The predicted octanol–water partition coefficient (Wildman–Crippen LogP) is 4.78. The lowest BCUT2D eigenvalue weighted by atomic mass is 9.77. The molecule has 1 heterocycles. The molecule has 166 valence electrons. The first-order valence-corrected chi connectivity index (χ1v) is 11.8. The minimum Gasteiger partial charge on any atom is -0.378 e. The molecule has 2 aromatic carbocycles. The van der Waals surface area contributed by atoms with E-state index < -0.39 is 14.9 Å². The zero-order valence-corrected chi connectivity index (χ0v) is 18.4. The summed E-state index contributed by atoms with van der Waals surface area (Å²) in [6, 6.07) is 11.8. The predicted molar refractivity (Wildman–Crippen MR) is 125 cm³/mol. The molecule has 0 amide bonds. The van der Waals surface area contributed by atoms with E-state index in [1.54, 1.807) is 36.4 Å². The SMILES string of the molecule is C=CCN(CC=C)S(=O)(=O)c1ccc2c(c1)C1C=CCC1C(c1ccc([N+](=O)[O-])cc1)N2. The Morgan fingerprint density at radius 1 is 1.12 bits per heavy atom. The number of non-ortho nitro benzene ring substituents is 1. The molecule has 2 aromatic rings. The molecule has 0 spiro atoms. The number of nitrogens with one attached hydrogen (secondary N) is 1. The summed E-state index contributed by atoms with van der Waals surface area (Å²) in [5.74, 6) is 0.258. The lowest BCUT2D eigenvalue weighted by Crippen LogP contribution is -2.32. The molecule has 1 N–H and O–H groups in total. The summed E-state index contributed by atoms with van der Waals surface area (Å²) < 4.78 is 27.7. The summed E-state index contributed by atoms with van der Waals surface area (Å²) in [6.45, 7) is 7.73. The monoisotopic (exact) mass is 451 g/mol. The van der Waals surface area contributed by atoms with Crippen LogP contribution in [0.1, 0.15) is 29.5 Å². The fraction of sp³-hybridized carbons (Fsp3) is 0.250. The zero-order chi connectivity index (χ0) is 22.9. The number of hydrogen-bond donors (Lipinski definition) is 1. The van der Waals surface area contributed by atoms with E-state index in [9.17, 15) is 18.5 Å². The first-order chi connectivity index (χ1) is 15.4. The number of nitro benzene ring substituents is 1. The lowest BCUT2D eigenvalue weighted by Gasteiger charge is -2.37. The Labute approximate surface area is 188 Å². The highest BCUT2D eigenvalue weighted by molar-refractivity contribution is 7.89. The van der Waals surface area contributed by atoms with E-state index in [4.69, 9.17) is 0 Å². The number of rotatable bonds is 8. The molecule has 0 aromatic heterocycles. The average Bonchev–Trinajstić information content (AvgIpc) is 3.28. The number of hydrogen-bond acceptors (Lipinski definition) is 5. The van der Waals surface area contributed by atoms with Crippen LogP contribution in [-0.4, -0.2) is 30.7 Å². The van der Waals surface area contributed by atoms with Gasteiger partial charge in [-0.25, -0.2) is 8.42 Å². The van der Waals surface area contributed by atoms with Gasteiger partial charge in [-0.15, -0.1) is 13.2 Å². The van der Waals surface area contributed by atoms with Gasteiger partial charge in [-0.05, 0) is 41.7 Å². The van der Waals surface area contributed by atoms with Crippen molar-refractivity contribution in [2.75, 3.05) is 18.4 Å². The largest absolute Gasteiger partial charge is 0.378 e. The average molecular weight is 452 g/mol. The molecule has 8 heteroatoms. The van der Waals surface area contributed by atoms with Crippen LogP contribution >= 0.6 is 0 Å². The molecule has 32 heavy (non-hydrogen) atoms. The van der Waals surface area contributed by atoms with E-state index in [0.29, 0.717) is 0 Å². The summed E-state index contributed by atoms with van der Waals surface area (Å²) in [4.78, 5) is 10.8. The second-order valence-electron chi connectivity index (χ2n) is 7.97. The smallest absolute Gasteiger partial charge is 0.269 e. The molecule has 0 fully saturated rings. The van der Waals surface area contributed by atoms with Gasteiger partial charge in [0.15, 0.2) is 0 Å². The second kappa shape index (κ2) is 8.72. The molecule has 2 aliphatic rings. The third-order valence-corrected chi connectivity index (χ3v) is 7.93. The van der Waals surface area contributed by atoms with E-state index >= 15 is 0 Å². The van der Waals surface area contributed by atoms with Gasteiger partial charge in [0.2, 0.25) is 10.0 Å². The quantitative estimate of drug-likeness (QED) is 0.354. The molecule has 0 radical (unpaired) electrons. The minimum absolute atomic E-state index is 0.0243. The van der Waals surface area contributed by atoms with Crippen molar-refractivity contribution in [1.29, 1.82) is 0 Å². The molecule has 0 saturated heterocycles. The van der Waals surface area contributed by atoms with Crippen LogP contribution in [0.5, 0.6) is 0 Å². The lowest BCUT2D eigenvalue weighted by molar-refractivity contribution is -0.384. The molecule has 7 nitrogen and oxygen atoms in total. The Kier molecular flexibility index (Phi) is 5.99. The van der Waals surface area contributed by atoms with Gasteiger partial charge in [0.05, 0.1) is 15.9 Å². The Morgan fingerprint density at radius 2 is 1.81 bits per heavy atom. The Morgan fingerprint density at radius 3 is 2.44 bits per heavy atom. The van der Waals surface area contributed by atoms with Crippen molar-refractivity contribution in [1.82, 2.24) is 4.31 Å². The van der Waals surface area contributed by atoms with Crippen molar-refractivity contribution in [2.24, 2.45) is 5.92 Å². The van der Waals surface area contributed by atoms with Gasteiger partial charge in [0.25, 0.3) is 5.69 Å². The van der Waals surface area contributed by atoms with E-state index in [-0.39, 0.29) is 41.6 Å². The van der Waals surface area contributed by atoms with E-state index in [0.717, 1.165) is 23.2 Å². The summed E-state index contributed by atoms with van der Waals surface area (Å²) in [5.41, 5.74) is 2.85. The molecule has 1 aliphatic heterocycles. The third-order valence-electron chi connectivity index (χ3n) is 6.10. The van der Waals surface area contributed by atoms with Gasteiger partial charge >= 0.3 is 0 Å². The van der Waals surface area contributed by atoms with Crippen LogP contribution in [0.4, 0.5) is 11.4 Å². The van der Waals surface area contributed by atoms with Crippen LogP contribution in [0.2, 0.25) is 0 Å². The fourth-order valence-electron chi connectivity index (χ4n) is 4.57. The van der Waals surface area contributed by atoms with Crippen LogP contribution in [0, 0.1) is 16.0 Å². The highest BCUT2D eigenvalue weighted by Gasteiger charge is 2.38. The number of benzene rings is 2. The van der Waals surface area contributed by atoms with Gasteiger partial charge in [0, 0.05) is 36.8 Å². The van der Waals surface area contributed by atoms with Gasteiger partial charge in [-0.2, -0.15) is 4.31 Å². The van der Waals surface area contributed by atoms with Gasteiger partial charge in [-0.1, -0.05) is 36.4 Å². The summed E-state index contributed by atoms with van der Waals surface area (Å²) >= 11 is 0. The number of nitro groups is 1. The molecule has 0 bridgehead atoms. The first-order valence-electron chi connectivity index (χ1n) is 10.4. The zero-order valence-electron chi connectivity index (χ0n) is 17.6. The van der Waals surface area contributed by atoms with Crippen LogP contribution in [-0.2, 0) is 10.0 Å². The summed E-state index contributed by atoms with van der Waals surface area (Å²) in [7, 11) is -3.69. The standard InChI is InChI=1S/C24H25N3O4S/c1-3-14-26(15-4-2)32(30,31)19-12-13-23-22(16-19)20-6-5-7-21(20)24(25-23)17-8-10-18(11-9-17)27(28)29/h3-6,8-13,16,20-21,24-25H,1-2,7,14-15H2. The van der Waals surface area contributed by atoms with E-state index in [1.807, 2.05) is 6.07 Å². The Hall–Kier alpha value is -3.23. The van der Waals surface area contributed by atoms with Gasteiger partial charge in [0.1, 0.15) is 0 Å². The Balaban J connectivity index is 1.70. The molecule has 4 rings (SSSR count). The van der Waals surface area contributed by atoms with Crippen molar-refractivity contribution in [3.63, 3.8) is 0 Å². The van der Waals surface area contributed by atoms with Crippen molar-refractivity contribution in [3.8, 4) is 0 Å². The van der Waals surface area contributed by atoms with Crippen LogP contribution in [0.15, 0.2) is 84.8 Å². The number of fused-ring (bicyclic) bond motifs is 3. The minimum atomic E-state index is -3.69. The normalized spacial score (nSPS) is 21.5. The van der Waals surface area contributed by atoms with Gasteiger partial charge < -0.3 is 5.32 Å². The third kappa shape index (κ3) is 3.87. The first kappa shape index (κ1) is 22.0. The van der Waals surface area contributed by atoms with Crippen molar-refractivity contribution < 1.29 is 13.3 Å². The summed E-state index contributed by atoms with van der Waals surface area (Å²) in [6.07, 6.45) is 8.21. The van der Waals surface area contributed by atoms with Crippen molar-refractivity contribution in [2.45, 2.75) is 23.3 Å². The van der Waals surface area contributed by atoms with Crippen LogP contribution < -0.4 is 5.32 Å². The van der Waals surface area contributed by atoms with Crippen molar-refractivity contribution in [3.05, 3.63) is 101 Å². The molecule has 3 unspecified atom stereocenters. The number of sulfonamides is 1. The molecular weight excluding hydrogens is 426 g/mol. The van der Waals surface area contributed by atoms with Gasteiger partial charge in [-0.3, -0.25) is 10.1 Å². The van der Waals surface area contributed by atoms with Crippen LogP contribution in [0.25, 0.3) is 0 Å². The number of allylic oxidation sites excluding steroid dienone is 2. The fourth-order valence-corrected chi connectivity index (χ4v) is 5.99.